The van der Waals surface area contributed by atoms with Gasteiger partial charge in [0.25, 0.3) is 5.92 Å². The first-order valence-electron chi connectivity index (χ1n) is 9.38. The van der Waals surface area contributed by atoms with Crippen LogP contribution in [-0.4, -0.2) is 49.1 Å². The Bertz CT molecular complexity index is 667. The third-order valence-corrected chi connectivity index (χ3v) is 5.66. The Labute approximate surface area is 158 Å². The first-order valence-corrected chi connectivity index (χ1v) is 9.38. The zero-order valence-electron chi connectivity index (χ0n) is 15.5. The van der Waals surface area contributed by atoms with Gasteiger partial charge >= 0.3 is 12.0 Å². The van der Waals surface area contributed by atoms with E-state index < -0.39 is 36.8 Å². The average Bonchev–Trinajstić information content (AvgIpc) is 3.40. The van der Waals surface area contributed by atoms with E-state index in [1.807, 2.05) is 0 Å². The molecule has 1 aromatic carbocycles. The standard InChI is InChI=1S/C20H26F2N2O3/c1-27-17(25)16(14-20(21,22)13-15-5-3-2-4-6-15)23-18(26)24-11-9-19(7-8-19)10-12-24/h2-6,16H,7-14H2,1H3,(H,23,26). The van der Waals surface area contributed by atoms with Crippen molar-refractivity contribution < 1.29 is 23.1 Å². The number of ether oxygens (including phenoxy) is 1. The third kappa shape index (κ3) is 5.17. The van der Waals surface area contributed by atoms with Crippen molar-refractivity contribution in [3.05, 3.63) is 35.9 Å². The molecule has 1 heterocycles. The van der Waals surface area contributed by atoms with E-state index in [-0.39, 0.29) is 0 Å². The molecular weight excluding hydrogens is 354 g/mol. The normalized spacial score (nSPS) is 19.4. The monoisotopic (exact) mass is 380 g/mol. The van der Waals surface area contributed by atoms with E-state index in [4.69, 9.17) is 0 Å². The van der Waals surface area contributed by atoms with Gasteiger partial charge in [0.1, 0.15) is 6.04 Å². The summed E-state index contributed by atoms with van der Waals surface area (Å²) in [4.78, 5) is 26.1. The number of piperidine rings is 1. The summed E-state index contributed by atoms with van der Waals surface area (Å²) in [6, 6.07) is 6.50. The third-order valence-electron chi connectivity index (χ3n) is 5.66. The molecule has 1 aliphatic heterocycles. The lowest BCUT2D eigenvalue weighted by Gasteiger charge is -2.33. The van der Waals surface area contributed by atoms with Crippen LogP contribution < -0.4 is 5.32 Å². The molecule has 1 spiro atoms. The molecule has 7 heteroatoms. The maximum Gasteiger partial charge on any atom is 0.328 e. The number of hydrogen-bond donors (Lipinski definition) is 1. The number of amides is 2. The van der Waals surface area contributed by atoms with Crippen molar-refractivity contribution >= 4 is 12.0 Å². The Hall–Kier alpha value is -2.18. The van der Waals surface area contributed by atoms with E-state index >= 15 is 0 Å². The number of hydrogen-bond acceptors (Lipinski definition) is 3. The minimum absolute atomic E-state index is 0.404. The lowest BCUT2D eigenvalue weighted by Crippen LogP contribution is -2.52. The van der Waals surface area contributed by atoms with Crippen molar-refractivity contribution in [2.45, 2.75) is 50.5 Å². The minimum Gasteiger partial charge on any atom is -0.467 e. The van der Waals surface area contributed by atoms with Crippen LogP contribution in [0, 0.1) is 5.41 Å². The number of benzene rings is 1. The number of alkyl halides is 2. The summed E-state index contributed by atoms with van der Waals surface area (Å²) < 4.78 is 33.6. The number of nitrogens with zero attached hydrogens (tertiary/aromatic N) is 1. The fraction of sp³-hybridized carbons (Fsp3) is 0.600. The van der Waals surface area contributed by atoms with Gasteiger partial charge in [0.05, 0.1) is 7.11 Å². The molecular formula is C20H26F2N2O3. The van der Waals surface area contributed by atoms with Gasteiger partial charge in [0.2, 0.25) is 0 Å². The summed E-state index contributed by atoms with van der Waals surface area (Å²) in [5.74, 6) is -4.00. The molecule has 5 nitrogen and oxygen atoms in total. The lowest BCUT2D eigenvalue weighted by molar-refractivity contribution is -0.145. The quantitative estimate of drug-likeness (QED) is 0.770. The maximum atomic E-state index is 14.5. The summed E-state index contributed by atoms with van der Waals surface area (Å²) >= 11 is 0. The number of nitrogens with one attached hydrogen (secondary N) is 1. The smallest absolute Gasteiger partial charge is 0.328 e. The Morgan fingerprint density at radius 2 is 1.81 bits per heavy atom. The van der Waals surface area contributed by atoms with Gasteiger partial charge in [-0.3, -0.25) is 0 Å². The zero-order chi connectivity index (χ0) is 19.5. The summed E-state index contributed by atoms with van der Waals surface area (Å²) in [5.41, 5.74) is 0.879. The molecule has 2 amide bonds. The Kier molecular flexibility index (Phi) is 5.67. The highest BCUT2D eigenvalue weighted by Gasteiger charge is 2.45. The molecule has 1 aliphatic carbocycles. The van der Waals surface area contributed by atoms with E-state index in [0.29, 0.717) is 24.1 Å². The molecule has 2 aliphatic rings. The SMILES string of the molecule is COC(=O)C(CC(F)(F)Cc1ccccc1)NC(=O)N1CCC2(CC1)CC2. The van der Waals surface area contributed by atoms with Crippen LogP contribution in [0.4, 0.5) is 13.6 Å². The highest BCUT2D eigenvalue weighted by Crippen LogP contribution is 2.53. The molecule has 148 valence electrons. The molecule has 2 fully saturated rings. The minimum atomic E-state index is -3.15. The average molecular weight is 380 g/mol. The van der Waals surface area contributed by atoms with Gasteiger partial charge < -0.3 is 15.0 Å². The van der Waals surface area contributed by atoms with E-state index in [0.717, 1.165) is 20.0 Å². The molecule has 0 radical (unpaired) electrons. The van der Waals surface area contributed by atoms with Gasteiger partial charge in [-0.2, -0.15) is 0 Å². The van der Waals surface area contributed by atoms with Crippen molar-refractivity contribution in [1.29, 1.82) is 0 Å². The zero-order valence-corrected chi connectivity index (χ0v) is 15.5. The van der Waals surface area contributed by atoms with Crippen LogP contribution in [0.5, 0.6) is 0 Å². The molecule has 1 saturated heterocycles. The van der Waals surface area contributed by atoms with Crippen molar-refractivity contribution in [2.24, 2.45) is 5.41 Å². The van der Waals surface area contributed by atoms with E-state index in [2.05, 4.69) is 10.1 Å². The van der Waals surface area contributed by atoms with Gasteiger partial charge in [-0.05, 0) is 36.7 Å². The predicted molar refractivity (Wildman–Crippen MR) is 96.5 cm³/mol. The number of carbonyl (C=O) groups excluding carboxylic acids is 2. The Balaban J connectivity index is 1.59. The molecule has 1 saturated carbocycles. The van der Waals surface area contributed by atoms with Gasteiger partial charge in [0.15, 0.2) is 0 Å². The fourth-order valence-corrected chi connectivity index (χ4v) is 3.70. The number of methoxy groups -OCH3 is 1. The topological polar surface area (TPSA) is 58.6 Å². The lowest BCUT2D eigenvalue weighted by atomic mass is 9.94. The van der Waals surface area contributed by atoms with Gasteiger partial charge in [-0.15, -0.1) is 0 Å². The van der Waals surface area contributed by atoms with E-state index in [9.17, 15) is 18.4 Å². The van der Waals surface area contributed by atoms with Crippen LogP contribution in [0.2, 0.25) is 0 Å². The Morgan fingerprint density at radius 1 is 1.19 bits per heavy atom. The van der Waals surface area contributed by atoms with Crippen LogP contribution in [0.25, 0.3) is 0 Å². The fourth-order valence-electron chi connectivity index (χ4n) is 3.70. The van der Waals surface area contributed by atoms with Crippen LogP contribution in [-0.2, 0) is 16.0 Å². The largest absolute Gasteiger partial charge is 0.467 e. The molecule has 0 bridgehead atoms. The summed E-state index contributed by atoms with van der Waals surface area (Å²) in [5, 5.41) is 2.46. The van der Waals surface area contributed by atoms with Crippen LogP contribution >= 0.6 is 0 Å². The summed E-state index contributed by atoms with van der Waals surface area (Å²) in [6.45, 7) is 1.19. The molecule has 1 N–H and O–H groups in total. The van der Waals surface area contributed by atoms with Crippen molar-refractivity contribution in [2.75, 3.05) is 20.2 Å². The second kappa shape index (κ2) is 7.82. The molecule has 27 heavy (non-hydrogen) atoms. The van der Waals surface area contributed by atoms with Crippen molar-refractivity contribution in [3.8, 4) is 0 Å². The van der Waals surface area contributed by atoms with Crippen LogP contribution in [0.3, 0.4) is 0 Å². The van der Waals surface area contributed by atoms with E-state index in [1.54, 1.807) is 35.2 Å². The van der Waals surface area contributed by atoms with Crippen LogP contribution in [0.1, 0.15) is 37.7 Å². The van der Waals surface area contributed by atoms with Crippen LogP contribution in [0.15, 0.2) is 30.3 Å². The van der Waals surface area contributed by atoms with Gasteiger partial charge in [-0.25, -0.2) is 18.4 Å². The molecule has 1 unspecified atom stereocenters. The highest BCUT2D eigenvalue weighted by atomic mass is 19.3. The van der Waals surface area contributed by atoms with Gasteiger partial charge in [0, 0.05) is 25.9 Å². The number of esters is 1. The van der Waals surface area contributed by atoms with Crippen molar-refractivity contribution in [1.82, 2.24) is 10.2 Å². The van der Waals surface area contributed by atoms with Gasteiger partial charge in [-0.1, -0.05) is 30.3 Å². The molecule has 0 aromatic heterocycles. The molecule has 1 atom stereocenters. The number of carbonyl (C=O) groups is 2. The summed E-state index contributed by atoms with van der Waals surface area (Å²) in [6.07, 6.45) is 3.00. The van der Waals surface area contributed by atoms with E-state index in [1.165, 1.54) is 12.8 Å². The predicted octanol–water partition coefficient (Wildman–Crippen LogP) is 3.38. The Morgan fingerprint density at radius 3 is 2.37 bits per heavy atom. The van der Waals surface area contributed by atoms with Crippen molar-refractivity contribution in [3.63, 3.8) is 0 Å². The molecule has 1 aromatic rings. The number of urea groups is 1. The first-order chi connectivity index (χ1) is 12.8. The number of rotatable bonds is 6. The summed E-state index contributed by atoms with van der Waals surface area (Å²) in [7, 11) is 1.13. The maximum absolute atomic E-state index is 14.5. The number of halogens is 2. The number of likely N-dealkylation sites (tertiary alicyclic amines) is 1. The second-order valence-electron chi connectivity index (χ2n) is 7.73. The second-order valence-corrected chi connectivity index (χ2v) is 7.73. The molecule has 3 rings (SSSR count). The highest BCUT2D eigenvalue weighted by molar-refractivity contribution is 5.83. The first kappa shape index (κ1) is 19.6.